The van der Waals surface area contributed by atoms with Crippen molar-refractivity contribution >= 4 is 21.9 Å². The minimum absolute atomic E-state index is 0.0413. The average molecular weight is 278 g/mol. The molecule has 0 saturated carbocycles. The van der Waals surface area contributed by atoms with E-state index < -0.39 is 27.9 Å². The van der Waals surface area contributed by atoms with Gasteiger partial charge in [0.05, 0.1) is 5.75 Å². The van der Waals surface area contributed by atoms with Crippen LogP contribution < -0.4 is 5.73 Å². The number of piperidine rings is 1. The monoisotopic (exact) mass is 278 g/mol. The van der Waals surface area contributed by atoms with Gasteiger partial charge in [0.25, 0.3) is 0 Å². The van der Waals surface area contributed by atoms with Crippen LogP contribution in [0, 0.1) is 0 Å². The van der Waals surface area contributed by atoms with Gasteiger partial charge in [-0.3, -0.25) is 9.59 Å². The number of aliphatic carboxylic acids is 1. The molecule has 3 N–H and O–H groups in total. The topological polar surface area (TPSA) is 118 Å². The number of hydrogen-bond acceptors (Lipinski definition) is 4. The molecule has 0 aromatic rings. The zero-order valence-corrected chi connectivity index (χ0v) is 10.9. The molecule has 7 nitrogen and oxygen atoms in total. The summed E-state index contributed by atoms with van der Waals surface area (Å²) in [5, 5.41) is 8.48. The van der Waals surface area contributed by atoms with Gasteiger partial charge in [0, 0.05) is 13.0 Å². The van der Waals surface area contributed by atoms with Crippen molar-refractivity contribution < 1.29 is 23.1 Å². The summed E-state index contributed by atoms with van der Waals surface area (Å²) in [7, 11) is -3.60. The molecular formula is C10H18N2O5S. The first-order chi connectivity index (χ1) is 8.34. The van der Waals surface area contributed by atoms with E-state index in [0.29, 0.717) is 12.8 Å². The van der Waals surface area contributed by atoms with E-state index in [0.717, 1.165) is 10.7 Å². The fourth-order valence-corrected chi connectivity index (χ4v) is 3.79. The maximum Gasteiger partial charge on any atom is 0.303 e. The summed E-state index contributed by atoms with van der Waals surface area (Å²) in [5.74, 6) is -1.94. The lowest BCUT2D eigenvalue weighted by atomic mass is 10.0. The summed E-state index contributed by atoms with van der Waals surface area (Å²) in [4.78, 5) is 21.6. The highest BCUT2D eigenvalue weighted by Gasteiger charge is 2.35. The summed E-state index contributed by atoms with van der Waals surface area (Å²) >= 11 is 0. The molecule has 1 aliphatic heterocycles. The Balaban J connectivity index is 2.69. The lowest BCUT2D eigenvalue weighted by molar-refractivity contribution is -0.137. The maximum absolute atomic E-state index is 12.0. The number of carboxylic acid groups (broad SMARTS) is 1. The molecule has 1 rings (SSSR count). The van der Waals surface area contributed by atoms with Crippen LogP contribution in [-0.4, -0.2) is 48.0 Å². The number of primary amides is 1. The molecule has 1 atom stereocenters. The fraction of sp³-hybridized carbons (Fsp3) is 0.800. The van der Waals surface area contributed by atoms with Gasteiger partial charge in [-0.25, -0.2) is 8.42 Å². The zero-order valence-electron chi connectivity index (χ0n) is 10.0. The molecule has 0 spiro atoms. The standard InChI is InChI=1S/C10H18N2O5S/c11-10(15)8-4-1-2-6-12(8)18(16,17)7-3-5-9(13)14/h8H,1-7H2,(H2,11,15)(H,13,14). The van der Waals surface area contributed by atoms with Gasteiger partial charge in [0.1, 0.15) is 6.04 Å². The van der Waals surface area contributed by atoms with Crippen LogP contribution >= 0.6 is 0 Å². The quantitative estimate of drug-likeness (QED) is 0.680. The number of nitrogens with zero attached hydrogens (tertiary/aromatic N) is 1. The van der Waals surface area contributed by atoms with Gasteiger partial charge in [-0.15, -0.1) is 0 Å². The van der Waals surface area contributed by atoms with Gasteiger partial charge in [-0.1, -0.05) is 6.42 Å². The Labute approximate surface area is 106 Å². The molecule has 8 heteroatoms. The Kier molecular flexibility index (Phi) is 5.09. The van der Waals surface area contributed by atoms with Gasteiger partial charge < -0.3 is 10.8 Å². The van der Waals surface area contributed by atoms with Crippen molar-refractivity contribution in [1.29, 1.82) is 0 Å². The van der Waals surface area contributed by atoms with E-state index in [-0.39, 0.29) is 25.1 Å². The molecule has 0 aromatic carbocycles. The van der Waals surface area contributed by atoms with Crippen LogP contribution in [0.1, 0.15) is 32.1 Å². The number of nitrogens with two attached hydrogens (primary N) is 1. The average Bonchev–Trinajstić information content (AvgIpc) is 2.28. The SMILES string of the molecule is NC(=O)C1CCCCN1S(=O)(=O)CCCC(=O)O. The highest BCUT2D eigenvalue weighted by atomic mass is 32.2. The summed E-state index contributed by atoms with van der Waals surface area (Å²) in [6, 6.07) is -0.784. The third-order valence-corrected chi connectivity index (χ3v) is 4.89. The van der Waals surface area contributed by atoms with Crippen molar-refractivity contribution in [3.05, 3.63) is 0 Å². The predicted octanol–water partition coefficient (Wildman–Crippen LogP) is -0.479. The Hall–Kier alpha value is -1.15. The van der Waals surface area contributed by atoms with Crippen LogP contribution in [-0.2, 0) is 19.6 Å². The molecular weight excluding hydrogens is 260 g/mol. The second kappa shape index (κ2) is 6.14. The minimum Gasteiger partial charge on any atom is -0.481 e. The van der Waals surface area contributed by atoms with Crippen molar-refractivity contribution in [3.8, 4) is 0 Å². The minimum atomic E-state index is -3.60. The first-order valence-corrected chi connectivity index (χ1v) is 7.46. The van der Waals surface area contributed by atoms with Crippen molar-refractivity contribution in [2.24, 2.45) is 5.73 Å². The van der Waals surface area contributed by atoms with E-state index >= 15 is 0 Å². The van der Waals surface area contributed by atoms with Crippen LogP contribution in [0.15, 0.2) is 0 Å². The molecule has 0 aromatic heterocycles. The number of sulfonamides is 1. The molecule has 1 heterocycles. The van der Waals surface area contributed by atoms with E-state index in [1.807, 2.05) is 0 Å². The summed E-state index contributed by atoms with van der Waals surface area (Å²) in [6.07, 6.45) is 1.75. The van der Waals surface area contributed by atoms with Crippen LogP contribution in [0.25, 0.3) is 0 Å². The van der Waals surface area contributed by atoms with Crippen LogP contribution in [0.4, 0.5) is 0 Å². The third kappa shape index (κ3) is 3.95. The third-order valence-electron chi connectivity index (χ3n) is 2.93. The van der Waals surface area contributed by atoms with Crippen molar-refractivity contribution in [3.63, 3.8) is 0 Å². The normalized spacial score (nSPS) is 21.7. The highest BCUT2D eigenvalue weighted by Crippen LogP contribution is 2.21. The Morgan fingerprint density at radius 3 is 2.56 bits per heavy atom. The first kappa shape index (κ1) is 14.9. The van der Waals surface area contributed by atoms with Gasteiger partial charge in [-0.2, -0.15) is 4.31 Å². The summed E-state index contributed by atoms with van der Waals surface area (Å²) in [5.41, 5.74) is 5.19. The smallest absolute Gasteiger partial charge is 0.303 e. The van der Waals surface area contributed by atoms with E-state index in [4.69, 9.17) is 10.8 Å². The second-order valence-electron chi connectivity index (χ2n) is 4.34. The molecule has 18 heavy (non-hydrogen) atoms. The van der Waals surface area contributed by atoms with E-state index in [1.165, 1.54) is 0 Å². The Bertz CT molecular complexity index is 420. The molecule has 1 amide bonds. The molecule has 1 fully saturated rings. The van der Waals surface area contributed by atoms with Gasteiger partial charge in [0.15, 0.2) is 0 Å². The van der Waals surface area contributed by atoms with Crippen molar-refractivity contribution in [2.45, 2.75) is 38.1 Å². The van der Waals surface area contributed by atoms with Gasteiger partial charge in [-0.05, 0) is 19.3 Å². The molecule has 1 saturated heterocycles. The van der Waals surface area contributed by atoms with E-state index in [2.05, 4.69) is 0 Å². The number of carbonyl (C=O) groups excluding carboxylic acids is 1. The largest absolute Gasteiger partial charge is 0.481 e. The van der Waals surface area contributed by atoms with Crippen LogP contribution in [0.3, 0.4) is 0 Å². The predicted molar refractivity (Wildman–Crippen MR) is 64.2 cm³/mol. The number of amides is 1. The Morgan fingerprint density at radius 2 is 2.00 bits per heavy atom. The lowest BCUT2D eigenvalue weighted by Crippen LogP contribution is -2.51. The van der Waals surface area contributed by atoms with Crippen molar-refractivity contribution in [1.82, 2.24) is 4.31 Å². The molecule has 0 aliphatic carbocycles. The molecule has 104 valence electrons. The summed E-state index contributed by atoms with van der Waals surface area (Å²) < 4.78 is 25.1. The van der Waals surface area contributed by atoms with Gasteiger partial charge >= 0.3 is 5.97 Å². The fourth-order valence-electron chi connectivity index (χ4n) is 2.05. The Morgan fingerprint density at radius 1 is 1.33 bits per heavy atom. The van der Waals surface area contributed by atoms with E-state index in [9.17, 15) is 18.0 Å². The maximum atomic E-state index is 12.0. The number of rotatable bonds is 6. The first-order valence-electron chi connectivity index (χ1n) is 5.85. The van der Waals surface area contributed by atoms with Crippen molar-refractivity contribution in [2.75, 3.05) is 12.3 Å². The number of hydrogen-bond donors (Lipinski definition) is 2. The molecule has 0 bridgehead atoms. The second-order valence-corrected chi connectivity index (χ2v) is 6.38. The number of carboxylic acids is 1. The lowest BCUT2D eigenvalue weighted by Gasteiger charge is -2.32. The zero-order chi connectivity index (χ0) is 13.8. The van der Waals surface area contributed by atoms with Gasteiger partial charge in [0.2, 0.25) is 15.9 Å². The van der Waals surface area contributed by atoms with E-state index in [1.54, 1.807) is 0 Å². The summed E-state index contributed by atoms with van der Waals surface area (Å²) in [6.45, 7) is 0.281. The molecule has 1 unspecified atom stereocenters. The highest BCUT2D eigenvalue weighted by molar-refractivity contribution is 7.89. The molecule has 1 aliphatic rings. The molecule has 0 radical (unpaired) electrons. The number of carbonyl (C=O) groups is 2. The van der Waals surface area contributed by atoms with Crippen LogP contribution in [0.2, 0.25) is 0 Å². The van der Waals surface area contributed by atoms with Crippen LogP contribution in [0.5, 0.6) is 0 Å².